The number of nitrogens with zero attached hydrogens (tertiary/aromatic N) is 5. The molecule has 1 aromatic carbocycles. The molecule has 0 aliphatic rings. The Labute approximate surface area is 112 Å². The Morgan fingerprint density at radius 1 is 1.30 bits per heavy atom. The normalized spacial score (nSPS) is 10.7. The Morgan fingerprint density at radius 2 is 2.15 bits per heavy atom. The molecule has 0 unspecified atom stereocenters. The van der Waals surface area contributed by atoms with Crippen LogP contribution in [0.25, 0.3) is 5.65 Å². The van der Waals surface area contributed by atoms with Crippen molar-refractivity contribution in [3.8, 4) is 11.6 Å². The highest BCUT2D eigenvalue weighted by Crippen LogP contribution is 2.25. The number of tetrazole rings is 1. The van der Waals surface area contributed by atoms with E-state index in [-0.39, 0.29) is 11.4 Å². The van der Waals surface area contributed by atoms with Gasteiger partial charge in [0.1, 0.15) is 5.75 Å². The molecule has 0 radical (unpaired) electrons. The molecule has 0 saturated carbocycles. The Balaban J connectivity index is 1.98. The zero-order valence-corrected chi connectivity index (χ0v) is 10.4. The SMILES string of the molecule is Cc1c(Oc2ccc3nnnn3n2)cccc1C(=O)O. The van der Waals surface area contributed by atoms with Crippen LogP contribution in [0.4, 0.5) is 0 Å². The van der Waals surface area contributed by atoms with Crippen LogP contribution in [0.1, 0.15) is 15.9 Å². The Kier molecular flexibility index (Phi) is 2.75. The quantitative estimate of drug-likeness (QED) is 0.766. The highest BCUT2D eigenvalue weighted by atomic mass is 16.5. The van der Waals surface area contributed by atoms with Crippen LogP contribution in [0.2, 0.25) is 0 Å². The molecule has 0 amide bonds. The number of carbonyl (C=O) groups is 1. The number of aromatic carboxylic acids is 1. The smallest absolute Gasteiger partial charge is 0.336 e. The summed E-state index contributed by atoms with van der Waals surface area (Å²) in [6, 6.07) is 8.06. The standard InChI is InChI=1S/C12H9N5O3/c1-7-8(12(18)19)3-2-4-9(7)20-11-6-5-10-13-15-16-17(10)14-11/h2-6H,1H3,(H,18,19). The van der Waals surface area contributed by atoms with E-state index < -0.39 is 5.97 Å². The molecule has 0 fully saturated rings. The number of benzene rings is 1. The van der Waals surface area contributed by atoms with Crippen molar-refractivity contribution in [1.29, 1.82) is 0 Å². The highest BCUT2D eigenvalue weighted by molar-refractivity contribution is 5.90. The lowest BCUT2D eigenvalue weighted by Gasteiger charge is -2.09. The van der Waals surface area contributed by atoms with E-state index in [1.807, 2.05) is 0 Å². The zero-order valence-electron chi connectivity index (χ0n) is 10.4. The Morgan fingerprint density at radius 3 is 2.95 bits per heavy atom. The van der Waals surface area contributed by atoms with E-state index in [1.165, 1.54) is 10.7 Å². The topological polar surface area (TPSA) is 103 Å². The number of carboxylic acids is 1. The van der Waals surface area contributed by atoms with Crippen LogP contribution in [-0.4, -0.2) is 36.3 Å². The molecule has 3 aromatic rings. The summed E-state index contributed by atoms with van der Waals surface area (Å²) in [5.41, 5.74) is 1.21. The van der Waals surface area contributed by atoms with Crippen molar-refractivity contribution in [3.05, 3.63) is 41.5 Å². The summed E-state index contributed by atoms with van der Waals surface area (Å²) in [5.74, 6) is -0.308. The van der Waals surface area contributed by atoms with Gasteiger partial charge in [-0.1, -0.05) is 6.07 Å². The lowest BCUT2D eigenvalue weighted by atomic mass is 10.1. The number of carboxylic acid groups (broad SMARTS) is 1. The maximum absolute atomic E-state index is 11.1. The number of hydrogen-bond acceptors (Lipinski definition) is 6. The summed E-state index contributed by atoms with van der Waals surface area (Å²) in [4.78, 5) is 11.1. The maximum Gasteiger partial charge on any atom is 0.336 e. The predicted molar refractivity (Wildman–Crippen MR) is 66.8 cm³/mol. The summed E-state index contributed by atoms with van der Waals surface area (Å²) < 4.78 is 6.81. The second-order valence-electron chi connectivity index (χ2n) is 4.03. The van der Waals surface area contributed by atoms with Crippen LogP contribution in [0, 0.1) is 6.92 Å². The fourth-order valence-electron chi connectivity index (χ4n) is 1.76. The van der Waals surface area contributed by atoms with E-state index in [0.29, 0.717) is 17.0 Å². The lowest BCUT2D eigenvalue weighted by Crippen LogP contribution is -2.02. The van der Waals surface area contributed by atoms with Gasteiger partial charge in [0, 0.05) is 11.6 Å². The Hall–Kier alpha value is -3.03. The van der Waals surface area contributed by atoms with E-state index >= 15 is 0 Å². The molecule has 0 aliphatic carbocycles. The van der Waals surface area contributed by atoms with Gasteiger partial charge in [0.2, 0.25) is 5.88 Å². The minimum atomic E-state index is -1.00. The molecule has 3 rings (SSSR count). The first-order valence-corrected chi connectivity index (χ1v) is 5.71. The van der Waals surface area contributed by atoms with Crippen molar-refractivity contribution in [1.82, 2.24) is 25.3 Å². The van der Waals surface area contributed by atoms with E-state index in [0.717, 1.165) is 0 Å². The summed E-state index contributed by atoms with van der Waals surface area (Å²) in [6.45, 7) is 1.67. The third-order valence-electron chi connectivity index (χ3n) is 2.77. The van der Waals surface area contributed by atoms with E-state index in [1.54, 1.807) is 31.2 Å². The van der Waals surface area contributed by atoms with Crippen molar-refractivity contribution < 1.29 is 14.6 Å². The molecule has 8 heteroatoms. The average Bonchev–Trinajstić information content (AvgIpc) is 2.88. The number of aromatic nitrogens is 5. The van der Waals surface area contributed by atoms with Gasteiger partial charge in [0.25, 0.3) is 0 Å². The first-order chi connectivity index (χ1) is 9.65. The summed E-state index contributed by atoms with van der Waals surface area (Å²) in [6.07, 6.45) is 0. The molecular weight excluding hydrogens is 262 g/mol. The molecule has 2 aromatic heterocycles. The fourth-order valence-corrected chi connectivity index (χ4v) is 1.76. The molecular formula is C12H9N5O3. The maximum atomic E-state index is 11.1. The minimum Gasteiger partial charge on any atom is -0.478 e. The van der Waals surface area contributed by atoms with Gasteiger partial charge in [0.15, 0.2) is 5.65 Å². The van der Waals surface area contributed by atoms with Crippen molar-refractivity contribution in [3.63, 3.8) is 0 Å². The number of hydrogen-bond donors (Lipinski definition) is 1. The monoisotopic (exact) mass is 271 g/mol. The molecule has 1 N–H and O–H groups in total. The highest BCUT2D eigenvalue weighted by Gasteiger charge is 2.12. The van der Waals surface area contributed by atoms with Crippen molar-refractivity contribution >= 4 is 11.6 Å². The van der Waals surface area contributed by atoms with Crippen molar-refractivity contribution in [2.75, 3.05) is 0 Å². The number of fused-ring (bicyclic) bond motifs is 1. The molecule has 0 aliphatic heterocycles. The Bertz CT molecular complexity index is 799. The molecule has 0 bridgehead atoms. The zero-order chi connectivity index (χ0) is 14.1. The van der Waals surface area contributed by atoms with E-state index in [2.05, 4.69) is 20.6 Å². The molecule has 8 nitrogen and oxygen atoms in total. The predicted octanol–water partition coefficient (Wildman–Crippen LogP) is 1.32. The van der Waals surface area contributed by atoms with Gasteiger partial charge in [-0.15, -0.1) is 14.8 Å². The van der Waals surface area contributed by atoms with Gasteiger partial charge < -0.3 is 9.84 Å². The summed E-state index contributed by atoms with van der Waals surface area (Å²) in [5, 5.41) is 24.0. The molecule has 2 heterocycles. The fraction of sp³-hybridized carbons (Fsp3) is 0.0833. The van der Waals surface area contributed by atoms with Gasteiger partial charge in [-0.2, -0.15) is 0 Å². The molecule has 0 spiro atoms. The number of ether oxygens (including phenoxy) is 1. The van der Waals surface area contributed by atoms with Crippen LogP contribution < -0.4 is 4.74 Å². The van der Waals surface area contributed by atoms with Gasteiger partial charge >= 0.3 is 5.97 Å². The van der Waals surface area contributed by atoms with Crippen molar-refractivity contribution in [2.45, 2.75) is 6.92 Å². The third-order valence-corrected chi connectivity index (χ3v) is 2.77. The van der Waals surface area contributed by atoms with Crippen LogP contribution in [0.15, 0.2) is 30.3 Å². The first kappa shape index (κ1) is 12.0. The lowest BCUT2D eigenvalue weighted by molar-refractivity contribution is 0.0695. The second kappa shape index (κ2) is 4.57. The minimum absolute atomic E-state index is 0.186. The third kappa shape index (κ3) is 2.03. The average molecular weight is 271 g/mol. The van der Waals surface area contributed by atoms with Gasteiger partial charge in [-0.3, -0.25) is 0 Å². The number of rotatable bonds is 3. The summed E-state index contributed by atoms with van der Waals surface area (Å²) in [7, 11) is 0. The largest absolute Gasteiger partial charge is 0.478 e. The van der Waals surface area contributed by atoms with Gasteiger partial charge in [0.05, 0.1) is 5.56 Å². The molecule has 0 atom stereocenters. The van der Waals surface area contributed by atoms with Crippen LogP contribution in [-0.2, 0) is 0 Å². The van der Waals surface area contributed by atoms with E-state index in [9.17, 15) is 4.79 Å². The van der Waals surface area contributed by atoms with Crippen LogP contribution in [0.5, 0.6) is 11.6 Å². The first-order valence-electron chi connectivity index (χ1n) is 5.71. The molecule has 20 heavy (non-hydrogen) atoms. The molecule has 100 valence electrons. The molecule has 0 saturated heterocycles. The van der Waals surface area contributed by atoms with Gasteiger partial charge in [-0.25, -0.2) is 4.79 Å². The van der Waals surface area contributed by atoms with Crippen LogP contribution >= 0.6 is 0 Å². The van der Waals surface area contributed by atoms with Crippen molar-refractivity contribution in [2.24, 2.45) is 0 Å². The van der Waals surface area contributed by atoms with Gasteiger partial charge in [-0.05, 0) is 35.5 Å². The van der Waals surface area contributed by atoms with E-state index in [4.69, 9.17) is 9.84 Å². The second-order valence-corrected chi connectivity index (χ2v) is 4.03. The van der Waals surface area contributed by atoms with Crippen LogP contribution in [0.3, 0.4) is 0 Å². The summed E-state index contributed by atoms with van der Waals surface area (Å²) >= 11 is 0.